The van der Waals surface area contributed by atoms with Crippen LogP contribution in [0, 0.1) is 12.8 Å². The van der Waals surface area contributed by atoms with E-state index in [1.54, 1.807) is 6.07 Å². The van der Waals surface area contributed by atoms with Crippen molar-refractivity contribution in [1.29, 1.82) is 0 Å². The number of carbonyl (C=O) groups is 2. The van der Waals surface area contributed by atoms with Gasteiger partial charge >= 0.3 is 0 Å². The van der Waals surface area contributed by atoms with Gasteiger partial charge < -0.3 is 0 Å². The topological polar surface area (TPSA) is 34.1 Å². The van der Waals surface area contributed by atoms with Gasteiger partial charge in [0.05, 0.1) is 6.42 Å². The zero-order chi connectivity index (χ0) is 11.7. The molecule has 0 bridgehead atoms. The molecule has 0 atom stereocenters. The summed E-state index contributed by atoms with van der Waals surface area (Å²) in [7, 11) is 0. The fourth-order valence-corrected chi connectivity index (χ4v) is 2.08. The molecular formula is C13H13BrO2. The van der Waals surface area contributed by atoms with Crippen LogP contribution in [0.25, 0.3) is 0 Å². The first-order chi connectivity index (χ1) is 7.59. The molecule has 0 aliphatic heterocycles. The lowest BCUT2D eigenvalue weighted by Gasteiger charge is -2.05. The zero-order valence-corrected chi connectivity index (χ0v) is 10.7. The molecule has 84 valence electrons. The maximum Gasteiger partial charge on any atom is 0.170 e. The van der Waals surface area contributed by atoms with Crippen LogP contribution in [0.2, 0.25) is 0 Å². The molecule has 1 aliphatic rings. The van der Waals surface area contributed by atoms with Crippen LogP contribution in [0.3, 0.4) is 0 Å². The summed E-state index contributed by atoms with van der Waals surface area (Å²) in [5, 5.41) is 0. The minimum Gasteiger partial charge on any atom is -0.299 e. The van der Waals surface area contributed by atoms with Crippen molar-refractivity contribution in [2.75, 3.05) is 0 Å². The van der Waals surface area contributed by atoms with Crippen LogP contribution in [0.1, 0.15) is 35.2 Å². The maximum atomic E-state index is 11.9. The van der Waals surface area contributed by atoms with Gasteiger partial charge in [-0.3, -0.25) is 9.59 Å². The summed E-state index contributed by atoms with van der Waals surface area (Å²) in [6.45, 7) is 1.89. The third-order valence-electron chi connectivity index (χ3n) is 2.94. The van der Waals surface area contributed by atoms with E-state index in [1.165, 1.54) is 0 Å². The SMILES string of the molecule is Cc1c(Br)cccc1C(=O)CC(=O)C1CC1. The molecule has 1 saturated carbocycles. The average molecular weight is 281 g/mol. The van der Waals surface area contributed by atoms with E-state index >= 15 is 0 Å². The van der Waals surface area contributed by atoms with Crippen LogP contribution in [0.5, 0.6) is 0 Å². The average Bonchev–Trinajstić information content (AvgIpc) is 3.05. The van der Waals surface area contributed by atoms with E-state index in [1.807, 2.05) is 19.1 Å². The van der Waals surface area contributed by atoms with E-state index < -0.39 is 0 Å². The molecule has 1 aromatic rings. The lowest BCUT2D eigenvalue weighted by atomic mass is 10.00. The molecule has 0 N–H and O–H groups in total. The van der Waals surface area contributed by atoms with Crippen molar-refractivity contribution in [2.24, 2.45) is 5.92 Å². The van der Waals surface area contributed by atoms with Crippen molar-refractivity contribution in [1.82, 2.24) is 0 Å². The highest BCUT2D eigenvalue weighted by molar-refractivity contribution is 9.10. The Morgan fingerprint density at radius 3 is 2.69 bits per heavy atom. The Kier molecular flexibility index (Phi) is 3.24. The predicted octanol–water partition coefficient (Wildman–Crippen LogP) is 3.31. The molecule has 3 heteroatoms. The zero-order valence-electron chi connectivity index (χ0n) is 9.13. The van der Waals surface area contributed by atoms with Crippen molar-refractivity contribution in [3.05, 3.63) is 33.8 Å². The maximum absolute atomic E-state index is 11.9. The summed E-state index contributed by atoms with van der Waals surface area (Å²) < 4.78 is 0.914. The Hall–Kier alpha value is -0.960. The lowest BCUT2D eigenvalue weighted by molar-refractivity contribution is -0.119. The fourth-order valence-electron chi connectivity index (χ4n) is 1.71. The van der Waals surface area contributed by atoms with Crippen LogP contribution in [0.15, 0.2) is 22.7 Å². The molecule has 0 saturated heterocycles. The second kappa shape index (κ2) is 4.50. The summed E-state index contributed by atoms with van der Waals surface area (Å²) in [6, 6.07) is 5.50. The van der Waals surface area contributed by atoms with Crippen LogP contribution in [-0.4, -0.2) is 11.6 Å². The molecule has 16 heavy (non-hydrogen) atoms. The van der Waals surface area contributed by atoms with E-state index in [0.717, 1.165) is 22.9 Å². The van der Waals surface area contributed by atoms with Gasteiger partial charge in [-0.1, -0.05) is 28.1 Å². The standard InChI is InChI=1S/C13H13BrO2/c1-8-10(3-2-4-11(8)14)13(16)7-12(15)9-5-6-9/h2-4,9H,5-7H2,1H3. The van der Waals surface area contributed by atoms with Crippen LogP contribution in [0.4, 0.5) is 0 Å². The number of hydrogen-bond acceptors (Lipinski definition) is 2. The van der Waals surface area contributed by atoms with Gasteiger partial charge in [-0.25, -0.2) is 0 Å². The van der Waals surface area contributed by atoms with Crippen molar-refractivity contribution >= 4 is 27.5 Å². The molecular weight excluding hydrogens is 268 g/mol. The highest BCUT2D eigenvalue weighted by Crippen LogP contribution is 2.31. The largest absolute Gasteiger partial charge is 0.299 e. The summed E-state index contributed by atoms with van der Waals surface area (Å²) in [5.74, 6) is 0.205. The fraction of sp³-hybridized carbons (Fsp3) is 0.385. The quantitative estimate of drug-likeness (QED) is 0.626. The Morgan fingerprint density at radius 2 is 2.06 bits per heavy atom. The van der Waals surface area contributed by atoms with Gasteiger partial charge in [-0.15, -0.1) is 0 Å². The first-order valence-electron chi connectivity index (χ1n) is 5.40. The van der Waals surface area contributed by atoms with Crippen LogP contribution < -0.4 is 0 Å². The smallest absolute Gasteiger partial charge is 0.170 e. The van der Waals surface area contributed by atoms with E-state index in [2.05, 4.69) is 15.9 Å². The molecule has 0 unspecified atom stereocenters. The van der Waals surface area contributed by atoms with Gasteiger partial charge in [-0.05, 0) is 31.4 Å². The molecule has 0 spiro atoms. The number of carbonyl (C=O) groups excluding carboxylic acids is 2. The van der Waals surface area contributed by atoms with Gasteiger partial charge in [0.15, 0.2) is 5.78 Å². The molecule has 1 aliphatic carbocycles. The molecule has 0 amide bonds. The number of rotatable bonds is 4. The first-order valence-corrected chi connectivity index (χ1v) is 6.20. The number of Topliss-reactive ketones (excluding diaryl/α,β-unsaturated/α-hetero) is 2. The van der Waals surface area contributed by atoms with Crippen molar-refractivity contribution < 1.29 is 9.59 Å². The Labute approximate surface area is 103 Å². The van der Waals surface area contributed by atoms with Gasteiger partial charge in [0.2, 0.25) is 0 Å². The van der Waals surface area contributed by atoms with Gasteiger partial charge in [0, 0.05) is 16.0 Å². The Bertz CT molecular complexity index is 447. The number of benzene rings is 1. The number of ketones is 2. The summed E-state index contributed by atoms with van der Waals surface area (Å²) in [4.78, 5) is 23.5. The molecule has 0 aromatic heterocycles. The summed E-state index contributed by atoms with van der Waals surface area (Å²) >= 11 is 3.38. The third-order valence-corrected chi connectivity index (χ3v) is 3.79. The van der Waals surface area contributed by atoms with Crippen molar-refractivity contribution in [2.45, 2.75) is 26.2 Å². The molecule has 1 aromatic carbocycles. The molecule has 0 radical (unpaired) electrons. The number of hydrogen-bond donors (Lipinski definition) is 0. The molecule has 1 fully saturated rings. The van der Waals surface area contributed by atoms with E-state index in [-0.39, 0.29) is 23.9 Å². The van der Waals surface area contributed by atoms with E-state index in [4.69, 9.17) is 0 Å². The first kappa shape index (κ1) is 11.5. The van der Waals surface area contributed by atoms with Crippen LogP contribution in [-0.2, 0) is 4.79 Å². The van der Waals surface area contributed by atoms with Gasteiger partial charge in [0.25, 0.3) is 0 Å². The molecule has 2 nitrogen and oxygen atoms in total. The summed E-state index contributed by atoms with van der Waals surface area (Å²) in [6.07, 6.45) is 1.98. The second-order valence-electron chi connectivity index (χ2n) is 4.25. The molecule has 2 rings (SSSR count). The Balaban J connectivity index is 2.14. The number of halogens is 1. The Morgan fingerprint density at radius 1 is 1.38 bits per heavy atom. The normalized spacial score (nSPS) is 14.9. The predicted molar refractivity (Wildman–Crippen MR) is 65.6 cm³/mol. The molecule has 0 heterocycles. The van der Waals surface area contributed by atoms with Gasteiger partial charge in [-0.2, -0.15) is 0 Å². The minimum atomic E-state index is -0.0595. The highest BCUT2D eigenvalue weighted by atomic mass is 79.9. The van der Waals surface area contributed by atoms with E-state index in [9.17, 15) is 9.59 Å². The monoisotopic (exact) mass is 280 g/mol. The van der Waals surface area contributed by atoms with Gasteiger partial charge in [0.1, 0.15) is 5.78 Å². The highest BCUT2D eigenvalue weighted by Gasteiger charge is 2.30. The lowest BCUT2D eigenvalue weighted by Crippen LogP contribution is -2.10. The van der Waals surface area contributed by atoms with E-state index in [0.29, 0.717) is 5.56 Å². The minimum absolute atomic E-state index is 0.0575. The summed E-state index contributed by atoms with van der Waals surface area (Å²) in [5.41, 5.74) is 1.57. The third kappa shape index (κ3) is 2.40. The van der Waals surface area contributed by atoms with Crippen LogP contribution >= 0.6 is 15.9 Å². The van der Waals surface area contributed by atoms with Crippen molar-refractivity contribution in [3.63, 3.8) is 0 Å². The van der Waals surface area contributed by atoms with Crippen molar-refractivity contribution in [3.8, 4) is 0 Å². The second-order valence-corrected chi connectivity index (χ2v) is 5.11.